The summed E-state index contributed by atoms with van der Waals surface area (Å²) < 4.78 is 5.66. The summed E-state index contributed by atoms with van der Waals surface area (Å²) in [4.78, 5) is 33.4. The van der Waals surface area contributed by atoms with Gasteiger partial charge in [-0.2, -0.15) is 0 Å². The van der Waals surface area contributed by atoms with Crippen LogP contribution in [0.1, 0.15) is 31.2 Å². The third-order valence-corrected chi connectivity index (χ3v) is 5.87. The van der Waals surface area contributed by atoms with Gasteiger partial charge in [0.05, 0.1) is 5.39 Å². The number of aryl methyl sites for hydroxylation is 1. The highest BCUT2D eigenvalue weighted by Crippen LogP contribution is 2.37. The van der Waals surface area contributed by atoms with Gasteiger partial charge in [0.15, 0.2) is 6.61 Å². The molecule has 0 aliphatic heterocycles. The van der Waals surface area contributed by atoms with Crippen molar-refractivity contribution in [2.75, 3.05) is 6.61 Å². The van der Waals surface area contributed by atoms with E-state index in [-0.39, 0.29) is 12.6 Å². The van der Waals surface area contributed by atoms with Gasteiger partial charge in [-0.1, -0.05) is 42.7 Å². The van der Waals surface area contributed by atoms with Gasteiger partial charge in [-0.05, 0) is 25.3 Å². The van der Waals surface area contributed by atoms with Crippen LogP contribution in [0.2, 0.25) is 0 Å². The molecule has 4 rings (SSSR count). The van der Waals surface area contributed by atoms with Crippen LogP contribution in [0.4, 0.5) is 4.79 Å². The van der Waals surface area contributed by atoms with Crippen LogP contribution in [0.3, 0.4) is 0 Å². The predicted octanol–water partition coefficient (Wildman–Crippen LogP) is 3.81. The van der Waals surface area contributed by atoms with Crippen molar-refractivity contribution >= 4 is 33.5 Å². The van der Waals surface area contributed by atoms with E-state index in [4.69, 9.17) is 4.74 Å². The first-order valence-electron chi connectivity index (χ1n) is 9.62. The molecule has 0 atom stereocenters. The Morgan fingerprint density at radius 3 is 2.69 bits per heavy atom. The maximum atomic E-state index is 12.1. The average Bonchev–Trinajstić information content (AvgIpc) is 3.37. The number of amides is 3. The Hall–Kier alpha value is -3.00. The number of hydrogen-bond donors (Lipinski definition) is 2. The number of imide groups is 1. The first-order chi connectivity index (χ1) is 14.1. The summed E-state index contributed by atoms with van der Waals surface area (Å²) in [5.74, 6) is -0.183. The minimum absolute atomic E-state index is 0.146. The Labute approximate surface area is 172 Å². The van der Waals surface area contributed by atoms with Crippen molar-refractivity contribution in [3.05, 3.63) is 41.5 Å². The number of benzene rings is 1. The lowest BCUT2D eigenvalue weighted by Gasteiger charge is -2.12. The van der Waals surface area contributed by atoms with E-state index in [0.717, 1.165) is 47.0 Å². The fraction of sp³-hybridized carbons (Fsp3) is 0.333. The van der Waals surface area contributed by atoms with Crippen molar-refractivity contribution in [2.45, 2.75) is 38.6 Å². The van der Waals surface area contributed by atoms with Crippen LogP contribution in [0.25, 0.3) is 21.3 Å². The quantitative estimate of drug-likeness (QED) is 0.667. The molecule has 3 aromatic rings. The number of ether oxygens (including phenoxy) is 1. The summed E-state index contributed by atoms with van der Waals surface area (Å²) in [6.07, 6.45) is 5.54. The zero-order chi connectivity index (χ0) is 20.2. The fourth-order valence-corrected chi connectivity index (χ4v) is 4.40. The van der Waals surface area contributed by atoms with Crippen LogP contribution in [0.15, 0.2) is 36.0 Å². The molecule has 1 fully saturated rings. The van der Waals surface area contributed by atoms with Crippen LogP contribution in [-0.4, -0.2) is 34.6 Å². The number of urea groups is 1. The fourth-order valence-electron chi connectivity index (χ4n) is 3.49. The molecule has 2 N–H and O–H groups in total. The minimum Gasteiger partial charge on any atom is -0.467 e. The summed E-state index contributed by atoms with van der Waals surface area (Å²) in [5, 5.41) is 7.91. The largest absolute Gasteiger partial charge is 0.467 e. The molecule has 8 heteroatoms. The standard InChI is InChI=1S/C21H22N4O3S/c1-13-6-8-14(9-7-13)16-11-29-20-18(16)19(22-12-23-20)28-10-17(26)25-21(27)24-15-4-2-3-5-15/h6-9,11-12,15H,2-5,10H2,1H3,(H2,24,25,26,27). The van der Waals surface area contributed by atoms with Crippen molar-refractivity contribution in [3.8, 4) is 17.0 Å². The number of carbonyl (C=O) groups excluding carboxylic acids is 2. The second kappa shape index (κ2) is 8.57. The van der Waals surface area contributed by atoms with Crippen molar-refractivity contribution in [1.82, 2.24) is 20.6 Å². The molecule has 0 saturated heterocycles. The van der Waals surface area contributed by atoms with Crippen LogP contribution >= 0.6 is 11.3 Å². The Balaban J connectivity index is 1.45. The van der Waals surface area contributed by atoms with Gasteiger partial charge in [0.2, 0.25) is 5.88 Å². The van der Waals surface area contributed by atoms with Crippen LogP contribution in [-0.2, 0) is 4.79 Å². The van der Waals surface area contributed by atoms with E-state index in [1.54, 1.807) is 0 Å². The molecule has 150 valence electrons. The first-order valence-corrected chi connectivity index (χ1v) is 10.5. The monoisotopic (exact) mass is 410 g/mol. The van der Waals surface area contributed by atoms with Crippen molar-refractivity contribution in [1.29, 1.82) is 0 Å². The zero-order valence-electron chi connectivity index (χ0n) is 16.1. The van der Waals surface area contributed by atoms with Gasteiger partial charge in [-0.15, -0.1) is 11.3 Å². The number of nitrogens with zero attached hydrogens (tertiary/aromatic N) is 2. The van der Waals surface area contributed by atoms with E-state index in [2.05, 4.69) is 20.6 Å². The highest BCUT2D eigenvalue weighted by Gasteiger charge is 2.19. The van der Waals surface area contributed by atoms with Gasteiger partial charge in [0.1, 0.15) is 11.2 Å². The van der Waals surface area contributed by atoms with Gasteiger partial charge in [0.25, 0.3) is 5.91 Å². The normalized spacial score (nSPS) is 14.1. The van der Waals surface area contributed by atoms with Crippen LogP contribution < -0.4 is 15.4 Å². The topological polar surface area (TPSA) is 93.2 Å². The van der Waals surface area contributed by atoms with E-state index in [1.165, 1.54) is 23.2 Å². The lowest BCUT2D eigenvalue weighted by molar-refractivity contribution is -0.122. The summed E-state index contributed by atoms with van der Waals surface area (Å²) in [6, 6.07) is 7.82. The zero-order valence-corrected chi connectivity index (χ0v) is 16.9. The number of hydrogen-bond acceptors (Lipinski definition) is 6. The second-order valence-electron chi connectivity index (χ2n) is 7.17. The van der Waals surface area contributed by atoms with Gasteiger partial charge < -0.3 is 10.1 Å². The van der Waals surface area contributed by atoms with E-state index in [1.807, 2.05) is 36.6 Å². The maximum Gasteiger partial charge on any atom is 0.321 e. The number of carbonyl (C=O) groups is 2. The molecule has 0 bridgehead atoms. The lowest BCUT2D eigenvalue weighted by Crippen LogP contribution is -2.45. The summed E-state index contributed by atoms with van der Waals surface area (Å²) in [7, 11) is 0. The Morgan fingerprint density at radius 2 is 1.93 bits per heavy atom. The first kappa shape index (κ1) is 19.3. The number of aromatic nitrogens is 2. The van der Waals surface area contributed by atoms with Gasteiger partial charge in [0, 0.05) is 17.0 Å². The van der Waals surface area contributed by atoms with Gasteiger partial charge in [-0.3, -0.25) is 10.1 Å². The number of rotatable bonds is 5. The molecule has 0 spiro atoms. The maximum absolute atomic E-state index is 12.1. The summed E-state index contributed by atoms with van der Waals surface area (Å²) in [6.45, 7) is 1.74. The van der Waals surface area contributed by atoms with Gasteiger partial charge >= 0.3 is 6.03 Å². The molecule has 3 amide bonds. The Bertz CT molecular complexity index is 1030. The molecule has 7 nitrogen and oxygen atoms in total. The SMILES string of the molecule is Cc1ccc(-c2csc3ncnc(OCC(=O)NC(=O)NC4CCCC4)c23)cc1. The summed E-state index contributed by atoms with van der Waals surface area (Å²) >= 11 is 1.49. The van der Waals surface area contributed by atoms with Crippen molar-refractivity contribution in [3.63, 3.8) is 0 Å². The van der Waals surface area contributed by atoms with Gasteiger partial charge in [-0.25, -0.2) is 14.8 Å². The molecular formula is C21H22N4O3S. The molecule has 29 heavy (non-hydrogen) atoms. The molecule has 1 aliphatic carbocycles. The molecule has 0 unspecified atom stereocenters. The van der Waals surface area contributed by atoms with Crippen molar-refractivity contribution in [2.24, 2.45) is 0 Å². The van der Waals surface area contributed by atoms with Crippen LogP contribution in [0, 0.1) is 6.92 Å². The van der Waals surface area contributed by atoms with E-state index in [9.17, 15) is 9.59 Å². The molecule has 0 radical (unpaired) electrons. The predicted molar refractivity (Wildman–Crippen MR) is 112 cm³/mol. The van der Waals surface area contributed by atoms with E-state index in [0.29, 0.717) is 5.88 Å². The minimum atomic E-state index is -0.514. The molecular weight excluding hydrogens is 388 g/mol. The molecule has 2 heterocycles. The number of thiophene rings is 1. The lowest BCUT2D eigenvalue weighted by atomic mass is 10.0. The summed E-state index contributed by atoms with van der Waals surface area (Å²) in [5.41, 5.74) is 3.16. The van der Waals surface area contributed by atoms with Crippen LogP contribution in [0.5, 0.6) is 5.88 Å². The molecule has 1 aromatic carbocycles. The average molecular weight is 410 g/mol. The van der Waals surface area contributed by atoms with E-state index < -0.39 is 11.9 Å². The molecule has 1 saturated carbocycles. The highest BCUT2D eigenvalue weighted by molar-refractivity contribution is 7.17. The number of nitrogens with one attached hydrogen (secondary N) is 2. The third kappa shape index (κ3) is 4.54. The number of fused-ring (bicyclic) bond motifs is 1. The molecule has 2 aromatic heterocycles. The smallest absolute Gasteiger partial charge is 0.321 e. The highest BCUT2D eigenvalue weighted by atomic mass is 32.1. The second-order valence-corrected chi connectivity index (χ2v) is 8.02. The Morgan fingerprint density at radius 1 is 1.17 bits per heavy atom. The molecule has 1 aliphatic rings. The Kier molecular flexibility index (Phi) is 5.71. The third-order valence-electron chi connectivity index (χ3n) is 4.98. The van der Waals surface area contributed by atoms with E-state index >= 15 is 0 Å². The van der Waals surface area contributed by atoms with Crippen molar-refractivity contribution < 1.29 is 14.3 Å².